The molecule has 4 nitrogen and oxygen atoms in total. The molecule has 0 fully saturated rings. The minimum absolute atomic E-state index is 0.425. The lowest BCUT2D eigenvalue weighted by Gasteiger charge is -2.15. The Balaban J connectivity index is 1.67. The van der Waals surface area contributed by atoms with E-state index in [2.05, 4.69) is 122 Å². The first kappa shape index (κ1) is 25.6. The Morgan fingerprint density at radius 2 is 1.07 bits per heavy atom. The Morgan fingerprint density at radius 1 is 0.524 bits per heavy atom. The van der Waals surface area contributed by atoms with Gasteiger partial charge in [0.05, 0.1) is 51.0 Å². The van der Waals surface area contributed by atoms with Crippen LogP contribution in [0, 0.1) is 22.7 Å². The molecule has 202 valence electrons. The van der Waals surface area contributed by atoms with Crippen molar-refractivity contribution >= 4 is 43.6 Å². The Morgan fingerprint density at radius 3 is 1.64 bits per heavy atom. The van der Waals surface area contributed by atoms with Crippen molar-refractivity contribution in [2.45, 2.75) is 39.5 Å². The SMILES string of the molecule is CC(C)c1ccc2c(c1)c1cc(C(C)C)ccc1n2-c1cccc2c3ccccc3n(-c3cc(C#N)cc(C#N)c3)c12. The molecule has 0 spiro atoms. The summed E-state index contributed by atoms with van der Waals surface area (Å²) in [5, 5.41) is 24.3. The van der Waals surface area contributed by atoms with Gasteiger partial charge in [0.2, 0.25) is 0 Å². The second-order valence-electron chi connectivity index (χ2n) is 11.7. The summed E-state index contributed by atoms with van der Waals surface area (Å²) in [5.41, 5.74) is 9.81. The number of nitrogens with zero attached hydrogens (tertiary/aromatic N) is 4. The summed E-state index contributed by atoms with van der Waals surface area (Å²) in [6.07, 6.45) is 0. The molecule has 0 atom stereocenters. The highest BCUT2D eigenvalue weighted by Gasteiger charge is 2.21. The molecule has 7 aromatic rings. The van der Waals surface area contributed by atoms with Crippen molar-refractivity contribution in [3.05, 3.63) is 119 Å². The fourth-order valence-corrected chi connectivity index (χ4v) is 6.35. The summed E-state index contributed by atoms with van der Waals surface area (Å²) in [6, 6.07) is 38.5. The molecule has 2 heterocycles. The zero-order chi connectivity index (χ0) is 29.1. The van der Waals surface area contributed by atoms with Crippen molar-refractivity contribution in [1.82, 2.24) is 9.13 Å². The van der Waals surface area contributed by atoms with Crippen molar-refractivity contribution < 1.29 is 0 Å². The van der Waals surface area contributed by atoms with E-state index in [9.17, 15) is 10.5 Å². The predicted molar refractivity (Wildman–Crippen MR) is 173 cm³/mol. The number of hydrogen-bond donors (Lipinski definition) is 0. The molecule has 0 amide bonds. The number of fused-ring (bicyclic) bond motifs is 6. The lowest BCUT2D eigenvalue weighted by Crippen LogP contribution is -2.01. The summed E-state index contributed by atoms with van der Waals surface area (Å²) in [5.74, 6) is 0.850. The van der Waals surface area contributed by atoms with Crippen LogP contribution in [-0.2, 0) is 0 Å². The van der Waals surface area contributed by atoms with E-state index < -0.39 is 0 Å². The monoisotopic (exact) mass is 542 g/mol. The molecule has 42 heavy (non-hydrogen) atoms. The van der Waals surface area contributed by atoms with Gasteiger partial charge in [-0.2, -0.15) is 10.5 Å². The quantitative estimate of drug-likeness (QED) is 0.222. The minimum atomic E-state index is 0.425. The van der Waals surface area contributed by atoms with Crippen LogP contribution in [0.25, 0.3) is 55.0 Å². The van der Waals surface area contributed by atoms with E-state index in [1.165, 1.54) is 21.9 Å². The summed E-state index contributed by atoms with van der Waals surface area (Å²) < 4.78 is 4.60. The summed E-state index contributed by atoms with van der Waals surface area (Å²) in [7, 11) is 0. The molecule has 0 aliphatic rings. The van der Waals surface area contributed by atoms with Gasteiger partial charge in [0.15, 0.2) is 0 Å². The molecule has 7 rings (SSSR count). The molecule has 4 heteroatoms. The van der Waals surface area contributed by atoms with Crippen molar-refractivity contribution in [1.29, 1.82) is 10.5 Å². The van der Waals surface area contributed by atoms with Crippen LogP contribution in [-0.4, -0.2) is 9.13 Å². The van der Waals surface area contributed by atoms with Crippen LogP contribution in [0.15, 0.2) is 97.1 Å². The van der Waals surface area contributed by atoms with E-state index in [4.69, 9.17) is 0 Å². The molecule has 0 saturated carbocycles. The smallest absolute Gasteiger partial charge is 0.0992 e. The lowest BCUT2D eigenvalue weighted by atomic mass is 9.98. The third-order valence-corrected chi connectivity index (χ3v) is 8.50. The molecule has 0 aliphatic carbocycles. The van der Waals surface area contributed by atoms with Gasteiger partial charge in [-0.3, -0.25) is 0 Å². The molecule has 5 aromatic carbocycles. The van der Waals surface area contributed by atoms with Crippen molar-refractivity contribution in [3.8, 4) is 23.5 Å². The van der Waals surface area contributed by atoms with E-state index >= 15 is 0 Å². The average molecular weight is 543 g/mol. The van der Waals surface area contributed by atoms with Gasteiger partial charge in [0, 0.05) is 27.2 Å². The molecule has 0 unspecified atom stereocenters. The minimum Gasteiger partial charge on any atom is -0.307 e. The second kappa shape index (κ2) is 9.65. The molecule has 0 bridgehead atoms. The highest BCUT2D eigenvalue weighted by Crippen LogP contribution is 2.41. The summed E-state index contributed by atoms with van der Waals surface area (Å²) in [6.45, 7) is 8.96. The van der Waals surface area contributed by atoms with Gasteiger partial charge in [-0.1, -0.05) is 70.2 Å². The maximum atomic E-state index is 9.80. The lowest BCUT2D eigenvalue weighted by molar-refractivity contribution is 0.868. The predicted octanol–water partition coefficient (Wildman–Crippen LogP) is 9.87. The van der Waals surface area contributed by atoms with E-state index in [1.54, 1.807) is 6.07 Å². The molecule has 2 aromatic heterocycles. The van der Waals surface area contributed by atoms with Gasteiger partial charge in [0.1, 0.15) is 0 Å². The van der Waals surface area contributed by atoms with E-state index in [0.717, 1.165) is 44.2 Å². The van der Waals surface area contributed by atoms with Crippen LogP contribution in [0.3, 0.4) is 0 Å². The zero-order valence-corrected chi connectivity index (χ0v) is 24.2. The third-order valence-electron chi connectivity index (χ3n) is 8.50. The van der Waals surface area contributed by atoms with Crippen molar-refractivity contribution in [2.24, 2.45) is 0 Å². The molecule has 0 radical (unpaired) electrons. The van der Waals surface area contributed by atoms with Crippen LogP contribution in [0.2, 0.25) is 0 Å². The average Bonchev–Trinajstić information content (AvgIpc) is 3.53. The number of para-hydroxylation sites is 2. The standard InChI is InChI=1S/C38H30N4/c1-23(2)27-12-14-35-32(19-27)33-20-28(24(3)4)13-15-36(33)42(35)37-11-7-9-31-30-8-5-6-10-34(30)41(38(31)37)29-17-25(21-39)16-26(18-29)22-40/h5-20,23-24H,1-4H3. The fraction of sp³-hybridized carbons (Fsp3) is 0.158. The van der Waals surface area contributed by atoms with Crippen LogP contribution in [0.1, 0.15) is 61.8 Å². The largest absolute Gasteiger partial charge is 0.307 e. The van der Waals surface area contributed by atoms with E-state index in [1.807, 2.05) is 18.2 Å². The summed E-state index contributed by atoms with van der Waals surface area (Å²) in [4.78, 5) is 0. The van der Waals surface area contributed by atoms with Gasteiger partial charge in [0.25, 0.3) is 0 Å². The number of benzene rings is 5. The van der Waals surface area contributed by atoms with Crippen molar-refractivity contribution in [2.75, 3.05) is 0 Å². The highest BCUT2D eigenvalue weighted by molar-refractivity contribution is 6.15. The first-order valence-electron chi connectivity index (χ1n) is 14.5. The maximum absolute atomic E-state index is 9.80. The van der Waals surface area contributed by atoms with Gasteiger partial charge >= 0.3 is 0 Å². The molecule has 0 saturated heterocycles. The Hall–Kier alpha value is -5.32. The number of hydrogen-bond acceptors (Lipinski definition) is 2. The topological polar surface area (TPSA) is 57.4 Å². The first-order chi connectivity index (χ1) is 20.4. The highest BCUT2D eigenvalue weighted by atomic mass is 15.1. The zero-order valence-electron chi connectivity index (χ0n) is 24.2. The fourth-order valence-electron chi connectivity index (χ4n) is 6.35. The Bertz CT molecular complexity index is 2180. The van der Waals surface area contributed by atoms with Gasteiger partial charge < -0.3 is 9.13 Å². The molecule has 0 aliphatic heterocycles. The Kier molecular flexibility index (Phi) is 5.89. The van der Waals surface area contributed by atoms with Crippen LogP contribution in [0.4, 0.5) is 0 Å². The normalized spacial score (nSPS) is 11.7. The molecule has 0 N–H and O–H groups in total. The number of rotatable bonds is 4. The number of nitriles is 2. The van der Waals surface area contributed by atoms with Crippen LogP contribution in [0.5, 0.6) is 0 Å². The first-order valence-corrected chi connectivity index (χ1v) is 14.5. The molecular weight excluding hydrogens is 512 g/mol. The van der Waals surface area contributed by atoms with Crippen molar-refractivity contribution in [3.63, 3.8) is 0 Å². The van der Waals surface area contributed by atoms with Gasteiger partial charge in [-0.25, -0.2) is 0 Å². The second-order valence-corrected chi connectivity index (χ2v) is 11.7. The summed E-state index contributed by atoms with van der Waals surface area (Å²) >= 11 is 0. The Labute approximate surface area is 245 Å². The third kappa shape index (κ3) is 3.80. The molecular formula is C38H30N4. The van der Waals surface area contributed by atoms with Gasteiger partial charge in [-0.05, 0) is 77.6 Å². The number of aromatic nitrogens is 2. The van der Waals surface area contributed by atoms with E-state index in [-0.39, 0.29) is 0 Å². The van der Waals surface area contributed by atoms with Gasteiger partial charge in [-0.15, -0.1) is 0 Å². The van der Waals surface area contributed by atoms with Crippen LogP contribution >= 0.6 is 0 Å². The van der Waals surface area contributed by atoms with Crippen LogP contribution < -0.4 is 0 Å². The maximum Gasteiger partial charge on any atom is 0.0992 e. The van der Waals surface area contributed by atoms with E-state index in [0.29, 0.717) is 23.0 Å².